The van der Waals surface area contributed by atoms with Gasteiger partial charge in [-0.15, -0.1) is 0 Å². The van der Waals surface area contributed by atoms with E-state index in [1.165, 1.54) is 244 Å². The van der Waals surface area contributed by atoms with Crippen LogP contribution >= 0.6 is 0 Å². The van der Waals surface area contributed by atoms with Gasteiger partial charge in [0.05, 0.1) is 0 Å². The van der Waals surface area contributed by atoms with Crippen molar-refractivity contribution >= 4 is 17.9 Å². The first-order valence-corrected chi connectivity index (χ1v) is 30.4. The number of hydrogen-bond donors (Lipinski definition) is 0. The van der Waals surface area contributed by atoms with Crippen LogP contribution < -0.4 is 0 Å². The summed E-state index contributed by atoms with van der Waals surface area (Å²) in [4.78, 5) is 38.2. The maximum Gasteiger partial charge on any atom is 0.306 e. The van der Waals surface area contributed by atoms with Gasteiger partial charge in [-0.1, -0.05) is 310 Å². The fourth-order valence-corrected chi connectivity index (χ4v) is 9.46. The average Bonchev–Trinajstić information content (AvgIpc) is 3.31. The minimum Gasteiger partial charge on any atom is -0.462 e. The van der Waals surface area contributed by atoms with Crippen LogP contribution in [0.4, 0.5) is 0 Å². The molecule has 0 aromatic rings. The molecule has 0 aromatic carbocycles. The smallest absolute Gasteiger partial charge is 0.306 e. The summed E-state index contributed by atoms with van der Waals surface area (Å²) in [5.74, 6) is 0.0116. The third-order valence-electron chi connectivity index (χ3n) is 14.0. The Morgan fingerprint density at radius 1 is 0.284 bits per heavy atom. The Kier molecular flexibility index (Phi) is 54.0. The van der Waals surface area contributed by atoms with Gasteiger partial charge in [0.15, 0.2) is 6.10 Å². The summed E-state index contributed by atoms with van der Waals surface area (Å²) in [7, 11) is 0. The van der Waals surface area contributed by atoms with Gasteiger partial charge in [-0.05, 0) is 25.2 Å². The molecule has 1 atom stereocenters. The van der Waals surface area contributed by atoms with Crippen molar-refractivity contribution in [2.24, 2.45) is 5.92 Å². The fraction of sp³-hybridized carbons (Fsp3) is 0.951. The highest BCUT2D eigenvalue weighted by molar-refractivity contribution is 5.71. The largest absolute Gasteiger partial charge is 0.462 e. The van der Waals surface area contributed by atoms with E-state index in [-0.39, 0.29) is 31.1 Å². The Morgan fingerprint density at radius 3 is 0.731 bits per heavy atom. The second kappa shape index (κ2) is 55.3. The third kappa shape index (κ3) is 55.2. The molecule has 0 unspecified atom stereocenters. The molecule has 0 aliphatic rings. The molecule has 0 N–H and O–H groups in total. The van der Waals surface area contributed by atoms with Crippen molar-refractivity contribution < 1.29 is 28.6 Å². The van der Waals surface area contributed by atoms with E-state index < -0.39 is 6.10 Å². The Balaban J connectivity index is 4.27. The highest BCUT2D eigenvalue weighted by Gasteiger charge is 2.19. The zero-order valence-corrected chi connectivity index (χ0v) is 45.9. The summed E-state index contributed by atoms with van der Waals surface area (Å²) in [5, 5.41) is 0. The van der Waals surface area contributed by atoms with Crippen molar-refractivity contribution in [2.45, 2.75) is 355 Å². The van der Waals surface area contributed by atoms with E-state index in [1.807, 2.05) is 0 Å². The van der Waals surface area contributed by atoms with E-state index in [2.05, 4.69) is 27.7 Å². The summed E-state index contributed by atoms with van der Waals surface area (Å²) in [6.45, 7) is 9.08. The van der Waals surface area contributed by atoms with E-state index in [1.54, 1.807) is 0 Å². The molecule has 6 nitrogen and oxygen atoms in total. The molecule has 6 heteroatoms. The molecule has 0 bridgehead atoms. The van der Waals surface area contributed by atoms with Gasteiger partial charge in [0.25, 0.3) is 0 Å². The Bertz CT molecular complexity index is 1010. The Morgan fingerprint density at radius 2 is 0.493 bits per heavy atom. The maximum atomic E-state index is 12.9. The van der Waals surface area contributed by atoms with Gasteiger partial charge in [0, 0.05) is 19.3 Å². The lowest BCUT2D eigenvalue weighted by Gasteiger charge is -2.18. The van der Waals surface area contributed by atoms with Crippen molar-refractivity contribution in [3.63, 3.8) is 0 Å². The summed E-state index contributed by atoms with van der Waals surface area (Å²) < 4.78 is 16.9. The van der Waals surface area contributed by atoms with Crippen LogP contribution in [0.5, 0.6) is 0 Å². The zero-order chi connectivity index (χ0) is 48.8. The molecule has 398 valence electrons. The lowest BCUT2D eigenvalue weighted by molar-refractivity contribution is -0.167. The standard InChI is InChI=1S/C61H118O6/c1-5-7-9-11-13-15-17-19-20-21-22-23-24-29-33-37-41-45-49-53-60(63)66-56-58(55-65-59(62)52-48-44-40-36-32-27-18-16-14-12-10-8-6-2)67-61(64)54-50-46-42-38-34-30-26-25-28-31-35-39-43-47-51-57(3)4/h57-58H,5-56H2,1-4H3/t58-/m1/s1. The van der Waals surface area contributed by atoms with Gasteiger partial charge in [-0.25, -0.2) is 0 Å². The van der Waals surface area contributed by atoms with Crippen LogP contribution in [0.3, 0.4) is 0 Å². The van der Waals surface area contributed by atoms with Crippen LogP contribution in [0.15, 0.2) is 0 Å². The second-order valence-electron chi connectivity index (χ2n) is 21.5. The fourth-order valence-electron chi connectivity index (χ4n) is 9.46. The topological polar surface area (TPSA) is 78.9 Å². The summed E-state index contributed by atoms with van der Waals surface area (Å²) in [6, 6.07) is 0. The molecule has 0 fully saturated rings. The van der Waals surface area contributed by atoms with Gasteiger partial charge in [-0.2, -0.15) is 0 Å². The Hall–Kier alpha value is -1.59. The van der Waals surface area contributed by atoms with Crippen molar-refractivity contribution in [3.8, 4) is 0 Å². The molecule has 0 spiro atoms. The molecular formula is C61H118O6. The number of ether oxygens (including phenoxy) is 3. The predicted octanol–water partition coefficient (Wildman–Crippen LogP) is 20.2. The molecule has 0 aliphatic heterocycles. The molecular weight excluding hydrogens is 829 g/mol. The van der Waals surface area contributed by atoms with Crippen LogP contribution in [-0.2, 0) is 28.6 Å². The third-order valence-corrected chi connectivity index (χ3v) is 14.0. The van der Waals surface area contributed by atoms with E-state index >= 15 is 0 Å². The van der Waals surface area contributed by atoms with Crippen molar-refractivity contribution in [2.75, 3.05) is 13.2 Å². The van der Waals surface area contributed by atoms with E-state index in [4.69, 9.17) is 14.2 Å². The normalized spacial score (nSPS) is 12.0. The summed E-state index contributed by atoms with van der Waals surface area (Å²) in [5.41, 5.74) is 0. The highest BCUT2D eigenvalue weighted by Crippen LogP contribution is 2.18. The molecule has 0 amide bonds. The SMILES string of the molecule is CCCCCCCCCCCCCCCCCCCCCC(=O)OC[C@@H](COC(=O)CCCCCCCCCCCCCCC)OC(=O)CCCCCCCCCCCCCCCCC(C)C. The van der Waals surface area contributed by atoms with Crippen LogP contribution in [-0.4, -0.2) is 37.2 Å². The predicted molar refractivity (Wildman–Crippen MR) is 289 cm³/mol. The zero-order valence-electron chi connectivity index (χ0n) is 45.9. The number of unbranched alkanes of at least 4 members (excludes halogenated alkanes) is 43. The first-order chi connectivity index (χ1) is 32.9. The van der Waals surface area contributed by atoms with Gasteiger partial charge in [0.2, 0.25) is 0 Å². The van der Waals surface area contributed by atoms with Gasteiger partial charge in [-0.3, -0.25) is 14.4 Å². The number of esters is 3. The van der Waals surface area contributed by atoms with Crippen LogP contribution in [0, 0.1) is 5.92 Å². The lowest BCUT2D eigenvalue weighted by atomic mass is 10.0. The second-order valence-corrected chi connectivity index (χ2v) is 21.5. The molecule has 0 rings (SSSR count). The van der Waals surface area contributed by atoms with E-state index in [0.717, 1.165) is 63.7 Å². The average molecular weight is 948 g/mol. The monoisotopic (exact) mass is 947 g/mol. The molecule has 0 aromatic heterocycles. The van der Waals surface area contributed by atoms with Crippen molar-refractivity contribution in [1.29, 1.82) is 0 Å². The quantitative estimate of drug-likeness (QED) is 0.0343. The summed E-state index contributed by atoms with van der Waals surface area (Å²) in [6.07, 6.45) is 61.0. The lowest BCUT2D eigenvalue weighted by Crippen LogP contribution is -2.30. The van der Waals surface area contributed by atoms with E-state index in [9.17, 15) is 14.4 Å². The van der Waals surface area contributed by atoms with E-state index in [0.29, 0.717) is 19.3 Å². The highest BCUT2D eigenvalue weighted by atomic mass is 16.6. The molecule has 0 radical (unpaired) electrons. The van der Waals surface area contributed by atoms with Gasteiger partial charge < -0.3 is 14.2 Å². The minimum atomic E-state index is -0.762. The van der Waals surface area contributed by atoms with Crippen LogP contribution in [0.25, 0.3) is 0 Å². The van der Waals surface area contributed by atoms with Crippen LogP contribution in [0.1, 0.15) is 349 Å². The molecule has 0 saturated carbocycles. The minimum absolute atomic E-state index is 0.0615. The number of hydrogen-bond acceptors (Lipinski definition) is 6. The van der Waals surface area contributed by atoms with Gasteiger partial charge >= 0.3 is 17.9 Å². The maximum absolute atomic E-state index is 12.9. The van der Waals surface area contributed by atoms with Crippen LogP contribution in [0.2, 0.25) is 0 Å². The molecule has 67 heavy (non-hydrogen) atoms. The Labute approximate surface area is 418 Å². The van der Waals surface area contributed by atoms with Crippen molar-refractivity contribution in [3.05, 3.63) is 0 Å². The number of rotatable bonds is 56. The molecule has 0 aliphatic carbocycles. The summed E-state index contributed by atoms with van der Waals surface area (Å²) >= 11 is 0. The van der Waals surface area contributed by atoms with Gasteiger partial charge in [0.1, 0.15) is 13.2 Å². The number of carbonyl (C=O) groups is 3. The molecule has 0 saturated heterocycles. The first-order valence-electron chi connectivity index (χ1n) is 30.4. The van der Waals surface area contributed by atoms with Crippen molar-refractivity contribution in [1.82, 2.24) is 0 Å². The number of carbonyl (C=O) groups excluding carboxylic acids is 3. The first kappa shape index (κ1) is 65.4. The molecule has 0 heterocycles.